The second-order valence-corrected chi connectivity index (χ2v) is 6.10. The predicted molar refractivity (Wildman–Crippen MR) is 91.8 cm³/mol. The number of anilines is 3. The summed E-state index contributed by atoms with van der Waals surface area (Å²) >= 11 is 6.00. The number of nitrogens with one attached hydrogen (secondary N) is 2. The van der Waals surface area contributed by atoms with Gasteiger partial charge in [0, 0.05) is 17.1 Å². The molecule has 4 nitrogen and oxygen atoms in total. The third-order valence-electron chi connectivity index (χ3n) is 3.10. The summed E-state index contributed by atoms with van der Waals surface area (Å²) in [5.41, 5.74) is 2.87. The van der Waals surface area contributed by atoms with E-state index < -0.39 is 0 Å². The lowest BCUT2D eigenvalue weighted by Gasteiger charge is -2.11. The normalized spacial score (nSPS) is 10.6. The highest BCUT2D eigenvalue weighted by atomic mass is 35.5. The largest absolute Gasteiger partial charge is 0.354 e. The Kier molecular flexibility index (Phi) is 5.39. The van der Waals surface area contributed by atoms with Crippen molar-refractivity contribution in [3.8, 4) is 0 Å². The number of hydrogen-bond donors (Lipinski definition) is 2. The molecule has 1 amide bonds. The van der Waals surface area contributed by atoms with Crippen LogP contribution in [0.15, 0.2) is 36.5 Å². The minimum atomic E-state index is -0.0195. The summed E-state index contributed by atoms with van der Waals surface area (Å²) in [4.78, 5) is 15.9. The van der Waals surface area contributed by atoms with Crippen molar-refractivity contribution in [1.82, 2.24) is 4.98 Å². The molecule has 0 aliphatic carbocycles. The first kappa shape index (κ1) is 16.3. The lowest BCUT2D eigenvalue weighted by Crippen LogP contribution is -2.14. The lowest BCUT2D eigenvalue weighted by atomic mass is 10.1. The van der Waals surface area contributed by atoms with Crippen molar-refractivity contribution in [3.05, 3.63) is 47.1 Å². The van der Waals surface area contributed by atoms with E-state index in [4.69, 9.17) is 11.6 Å². The Labute approximate surface area is 135 Å². The summed E-state index contributed by atoms with van der Waals surface area (Å²) in [5, 5.41) is 6.73. The predicted octanol–water partition coefficient (Wildman–Crippen LogP) is 4.77. The van der Waals surface area contributed by atoms with Crippen LogP contribution in [0.3, 0.4) is 0 Å². The molecule has 0 saturated carbocycles. The zero-order valence-electron chi connectivity index (χ0n) is 13.0. The van der Waals surface area contributed by atoms with E-state index >= 15 is 0 Å². The summed E-state index contributed by atoms with van der Waals surface area (Å²) in [6.07, 6.45) is 2.18. The first-order valence-corrected chi connectivity index (χ1v) is 7.61. The number of rotatable bonds is 5. The first-order chi connectivity index (χ1) is 10.4. The molecule has 1 aromatic carbocycles. The Hall–Kier alpha value is -2.07. The zero-order chi connectivity index (χ0) is 16.1. The fourth-order valence-electron chi connectivity index (χ4n) is 1.99. The van der Waals surface area contributed by atoms with Gasteiger partial charge in [0.15, 0.2) is 0 Å². The van der Waals surface area contributed by atoms with Crippen LogP contribution in [0.5, 0.6) is 0 Å². The van der Waals surface area contributed by atoms with Gasteiger partial charge in [0.05, 0.1) is 11.9 Å². The van der Waals surface area contributed by atoms with Gasteiger partial charge in [-0.2, -0.15) is 0 Å². The SMILES string of the molecule is Cc1ccc(Cl)cc1Nc1ccc(NC(=O)CC(C)C)nc1. The second kappa shape index (κ2) is 7.27. The van der Waals surface area contributed by atoms with Gasteiger partial charge in [-0.25, -0.2) is 4.98 Å². The molecular weight excluding hydrogens is 298 g/mol. The number of aryl methyl sites for hydroxylation is 1. The monoisotopic (exact) mass is 317 g/mol. The molecule has 0 saturated heterocycles. The molecule has 0 bridgehead atoms. The van der Waals surface area contributed by atoms with Crippen molar-refractivity contribution in [1.29, 1.82) is 0 Å². The van der Waals surface area contributed by atoms with Gasteiger partial charge < -0.3 is 10.6 Å². The number of benzene rings is 1. The molecule has 2 rings (SSSR count). The van der Waals surface area contributed by atoms with Gasteiger partial charge in [-0.15, -0.1) is 0 Å². The van der Waals surface area contributed by atoms with Crippen molar-refractivity contribution in [2.24, 2.45) is 5.92 Å². The summed E-state index contributed by atoms with van der Waals surface area (Å²) in [6.45, 7) is 6.02. The van der Waals surface area contributed by atoms with Crippen LogP contribution in [0.25, 0.3) is 0 Å². The summed E-state index contributed by atoms with van der Waals surface area (Å²) in [5.74, 6) is 0.861. The van der Waals surface area contributed by atoms with Crippen LogP contribution < -0.4 is 10.6 Å². The summed E-state index contributed by atoms with van der Waals surface area (Å²) in [7, 11) is 0. The fraction of sp³-hybridized carbons (Fsp3) is 0.294. The molecule has 0 aliphatic heterocycles. The van der Waals surface area contributed by atoms with E-state index in [1.807, 2.05) is 45.0 Å². The number of halogens is 1. The second-order valence-electron chi connectivity index (χ2n) is 5.66. The standard InChI is InChI=1S/C17H20ClN3O/c1-11(2)8-17(22)21-16-7-6-14(10-19-16)20-15-9-13(18)5-4-12(15)3/h4-7,9-11,20H,8H2,1-3H3,(H,19,21,22). The number of pyridine rings is 1. The van der Waals surface area contributed by atoms with Crippen LogP contribution in [0, 0.1) is 12.8 Å². The fourth-order valence-corrected chi connectivity index (χ4v) is 2.16. The molecule has 0 unspecified atom stereocenters. The van der Waals surface area contributed by atoms with E-state index in [-0.39, 0.29) is 5.91 Å². The van der Waals surface area contributed by atoms with Gasteiger partial charge >= 0.3 is 0 Å². The zero-order valence-corrected chi connectivity index (χ0v) is 13.7. The average molecular weight is 318 g/mol. The average Bonchev–Trinajstić information content (AvgIpc) is 2.44. The molecule has 5 heteroatoms. The molecule has 2 N–H and O–H groups in total. The summed E-state index contributed by atoms with van der Waals surface area (Å²) < 4.78 is 0. The quantitative estimate of drug-likeness (QED) is 0.835. The molecule has 0 spiro atoms. The van der Waals surface area contributed by atoms with Crippen LogP contribution in [0.1, 0.15) is 25.8 Å². The van der Waals surface area contributed by atoms with Crippen LogP contribution in [0.4, 0.5) is 17.2 Å². The van der Waals surface area contributed by atoms with Gasteiger partial charge in [0.2, 0.25) is 5.91 Å². The molecule has 2 aromatic rings. The van der Waals surface area contributed by atoms with Crippen molar-refractivity contribution in [3.63, 3.8) is 0 Å². The van der Waals surface area contributed by atoms with Crippen LogP contribution in [-0.2, 0) is 4.79 Å². The molecule has 1 aromatic heterocycles. The van der Waals surface area contributed by atoms with E-state index in [0.717, 1.165) is 16.9 Å². The van der Waals surface area contributed by atoms with Gasteiger partial charge in [-0.1, -0.05) is 31.5 Å². The van der Waals surface area contributed by atoms with Gasteiger partial charge in [-0.3, -0.25) is 4.79 Å². The Morgan fingerprint density at radius 2 is 2.05 bits per heavy atom. The van der Waals surface area contributed by atoms with E-state index in [0.29, 0.717) is 23.2 Å². The van der Waals surface area contributed by atoms with Crippen LogP contribution in [0.2, 0.25) is 5.02 Å². The van der Waals surface area contributed by atoms with Crippen LogP contribution in [-0.4, -0.2) is 10.9 Å². The third-order valence-corrected chi connectivity index (χ3v) is 3.34. The smallest absolute Gasteiger partial charge is 0.225 e. The molecule has 1 heterocycles. The number of hydrogen-bond acceptors (Lipinski definition) is 3. The topological polar surface area (TPSA) is 54.0 Å². The number of aromatic nitrogens is 1. The number of carbonyl (C=O) groups is 1. The molecular formula is C17H20ClN3O. The Morgan fingerprint density at radius 1 is 1.27 bits per heavy atom. The van der Waals surface area contributed by atoms with Crippen molar-refractivity contribution < 1.29 is 4.79 Å². The highest BCUT2D eigenvalue weighted by Crippen LogP contribution is 2.24. The number of carbonyl (C=O) groups excluding carboxylic acids is 1. The van der Waals surface area contributed by atoms with Crippen molar-refractivity contribution in [2.45, 2.75) is 27.2 Å². The maximum Gasteiger partial charge on any atom is 0.225 e. The molecule has 22 heavy (non-hydrogen) atoms. The van der Waals surface area contributed by atoms with Crippen LogP contribution >= 0.6 is 11.6 Å². The Balaban J connectivity index is 2.03. The Bertz CT molecular complexity index is 653. The van der Waals surface area contributed by atoms with E-state index in [2.05, 4.69) is 15.6 Å². The summed E-state index contributed by atoms with van der Waals surface area (Å²) in [6, 6.07) is 9.33. The molecule has 0 radical (unpaired) electrons. The Morgan fingerprint density at radius 3 is 2.68 bits per heavy atom. The van der Waals surface area contributed by atoms with Gasteiger partial charge in [0.1, 0.15) is 5.82 Å². The van der Waals surface area contributed by atoms with Crippen molar-refractivity contribution >= 4 is 34.7 Å². The van der Waals surface area contributed by atoms with Crippen molar-refractivity contribution in [2.75, 3.05) is 10.6 Å². The number of amides is 1. The molecule has 0 atom stereocenters. The molecule has 0 fully saturated rings. The van der Waals surface area contributed by atoms with Gasteiger partial charge in [0.25, 0.3) is 0 Å². The molecule has 0 aliphatic rings. The third kappa shape index (κ3) is 4.74. The van der Waals surface area contributed by atoms with Gasteiger partial charge in [-0.05, 0) is 42.7 Å². The van der Waals surface area contributed by atoms with E-state index in [1.165, 1.54) is 0 Å². The maximum atomic E-state index is 11.7. The van der Waals surface area contributed by atoms with E-state index in [1.54, 1.807) is 12.3 Å². The highest BCUT2D eigenvalue weighted by molar-refractivity contribution is 6.30. The first-order valence-electron chi connectivity index (χ1n) is 7.23. The van der Waals surface area contributed by atoms with E-state index in [9.17, 15) is 4.79 Å². The minimum absolute atomic E-state index is 0.0195. The number of nitrogens with zero attached hydrogens (tertiary/aromatic N) is 1. The molecule has 116 valence electrons. The maximum absolute atomic E-state index is 11.7. The highest BCUT2D eigenvalue weighted by Gasteiger charge is 2.06. The lowest BCUT2D eigenvalue weighted by molar-refractivity contribution is -0.116. The minimum Gasteiger partial charge on any atom is -0.354 e.